The molecule has 0 amide bonds. The van der Waals surface area contributed by atoms with Gasteiger partial charge >= 0.3 is 5.97 Å². The van der Waals surface area contributed by atoms with Crippen LogP contribution in [0, 0.1) is 24.2 Å². The van der Waals surface area contributed by atoms with E-state index in [1.807, 2.05) is 84.7 Å². The summed E-state index contributed by atoms with van der Waals surface area (Å²) in [6.07, 6.45) is 4.61. The molecule has 5 heterocycles. The third kappa shape index (κ3) is 4.44. The third-order valence-corrected chi connectivity index (χ3v) is 8.32. The molecule has 1 aromatic carbocycles. The van der Waals surface area contributed by atoms with Crippen LogP contribution >= 0.6 is 11.3 Å². The van der Waals surface area contributed by atoms with Crippen LogP contribution in [0.15, 0.2) is 60.9 Å². The maximum absolute atomic E-state index is 11.1. The topological polar surface area (TPSA) is 111 Å². The fraction of sp³-hybridized carbons (Fsp3) is 0.233. The standard InChI is InChI=1S/C30H27N7O2S/c1-4-23-28(35(3)30-34-27(24(13-31)40-30)19-7-5-18(2)6-8-19)37-17-21(10-12-26(37)33-23)20-9-11-25(32-14-20)36-15-22(16-36)29(38)39/h5-12,14,17,22H,4,15-16H2,1-3H3,(H,38,39). The Morgan fingerprint density at radius 1 is 1.10 bits per heavy atom. The number of carboxylic acids is 1. The number of fused-ring (bicyclic) bond motifs is 1. The number of hydrogen-bond acceptors (Lipinski definition) is 8. The molecule has 0 atom stereocenters. The molecule has 6 rings (SSSR count). The Kier molecular flexibility index (Phi) is 6.44. The molecule has 200 valence electrons. The summed E-state index contributed by atoms with van der Waals surface area (Å²) in [5.74, 6) is 0.586. The fourth-order valence-electron chi connectivity index (χ4n) is 4.94. The first-order chi connectivity index (χ1) is 19.4. The highest BCUT2D eigenvalue weighted by Gasteiger charge is 2.33. The van der Waals surface area contributed by atoms with Crippen LogP contribution in [0.2, 0.25) is 0 Å². The summed E-state index contributed by atoms with van der Waals surface area (Å²) in [4.78, 5) is 30.0. The normalized spacial score (nSPS) is 13.3. The maximum Gasteiger partial charge on any atom is 0.310 e. The number of imidazole rings is 1. The molecule has 1 aliphatic heterocycles. The molecule has 1 aliphatic rings. The minimum atomic E-state index is -0.762. The van der Waals surface area contributed by atoms with Crippen LogP contribution in [0.25, 0.3) is 28.0 Å². The Balaban J connectivity index is 1.34. The van der Waals surface area contributed by atoms with E-state index < -0.39 is 5.97 Å². The van der Waals surface area contributed by atoms with Gasteiger partial charge in [-0.1, -0.05) is 48.1 Å². The Bertz CT molecular complexity index is 1760. The number of nitriles is 1. The molecule has 1 saturated heterocycles. The molecule has 0 unspecified atom stereocenters. The Hall–Kier alpha value is -4.75. The molecule has 5 aromatic rings. The molecular weight excluding hydrogens is 522 g/mol. The zero-order chi connectivity index (χ0) is 28.0. The van der Waals surface area contributed by atoms with Gasteiger partial charge in [-0.2, -0.15) is 5.26 Å². The van der Waals surface area contributed by atoms with E-state index in [-0.39, 0.29) is 5.92 Å². The average molecular weight is 550 g/mol. The quantitative estimate of drug-likeness (QED) is 0.281. The van der Waals surface area contributed by atoms with Crippen LogP contribution < -0.4 is 9.80 Å². The molecule has 4 aromatic heterocycles. The summed E-state index contributed by atoms with van der Waals surface area (Å²) in [5, 5.41) is 19.7. The molecule has 0 radical (unpaired) electrons. The number of pyridine rings is 2. The first-order valence-electron chi connectivity index (χ1n) is 13.0. The molecule has 40 heavy (non-hydrogen) atoms. The lowest BCUT2D eigenvalue weighted by Gasteiger charge is -2.37. The fourth-order valence-corrected chi connectivity index (χ4v) is 5.78. The van der Waals surface area contributed by atoms with Crippen molar-refractivity contribution in [2.75, 3.05) is 29.9 Å². The summed E-state index contributed by atoms with van der Waals surface area (Å²) < 4.78 is 2.06. The van der Waals surface area contributed by atoms with Crippen LogP contribution in [-0.2, 0) is 11.2 Å². The molecular formula is C30H27N7O2S. The largest absolute Gasteiger partial charge is 0.481 e. The van der Waals surface area contributed by atoms with Gasteiger partial charge in [-0.25, -0.2) is 15.0 Å². The molecule has 1 fully saturated rings. The number of carbonyl (C=O) groups is 1. The second-order valence-corrected chi connectivity index (χ2v) is 10.9. The minimum Gasteiger partial charge on any atom is -0.481 e. The van der Waals surface area contributed by atoms with Gasteiger partial charge in [-0.15, -0.1) is 0 Å². The van der Waals surface area contributed by atoms with Crippen molar-refractivity contribution < 1.29 is 9.90 Å². The average Bonchev–Trinajstić information content (AvgIpc) is 3.54. The van der Waals surface area contributed by atoms with E-state index in [1.165, 1.54) is 11.3 Å². The summed E-state index contributed by atoms with van der Waals surface area (Å²) >= 11 is 1.37. The number of hydrogen-bond donors (Lipinski definition) is 1. The van der Waals surface area contributed by atoms with Gasteiger partial charge in [0.1, 0.15) is 33.9 Å². The number of anilines is 3. The SMILES string of the molecule is CCc1nc2ccc(-c3ccc(N4CC(C(=O)O)C4)nc3)cn2c1N(C)c1nc(-c2ccc(C)cc2)c(C#N)s1. The third-order valence-electron chi connectivity index (χ3n) is 7.28. The van der Waals surface area contributed by atoms with E-state index in [0.717, 1.165) is 51.7 Å². The van der Waals surface area contributed by atoms with Crippen LogP contribution in [0.5, 0.6) is 0 Å². The smallest absolute Gasteiger partial charge is 0.310 e. The summed E-state index contributed by atoms with van der Waals surface area (Å²) in [6, 6.07) is 18.3. The molecule has 1 N–H and O–H groups in total. The minimum absolute atomic E-state index is 0.330. The van der Waals surface area contributed by atoms with Gasteiger partial charge < -0.3 is 14.9 Å². The van der Waals surface area contributed by atoms with E-state index in [0.29, 0.717) is 28.8 Å². The predicted octanol–water partition coefficient (Wildman–Crippen LogP) is 5.55. The van der Waals surface area contributed by atoms with E-state index in [2.05, 4.69) is 22.4 Å². The number of aryl methyl sites for hydroxylation is 2. The Morgan fingerprint density at radius 2 is 1.82 bits per heavy atom. The summed E-state index contributed by atoms with van der Waals surface area (Å²) in [5.41, 5.74) is 6.44. The van der Waals surface area contributed by atoms with Crippen molar-refractivity contribution >= 4 is 39.7 Å². The predicted molar refractivity (Wildman–Crippen MR) is 156 cm³/mol. The molecule has 0 saturated carbocycles. The number of nitrogens with zero attached hydrogens (tertiary/aromatic N) is 7. The van der Waals surface area contributed by atoms with Crippen molar-refractivity contribution in [1.82, 2.24) is 19.4 Å². The lowest BCUT2D eigenvalue weighted by Crippen LogP contribution is -2.50. The second kappa shape index (κ2) is 10.1. The zero-order valence-corrected chi connectivity index (χ0v) is 23.2. The lowest BCUT2D eigenvalue weighted by atomic mass is 10.0. The molecule has 9 nitrogen and oxygen atoms in total. The molecule has 0 aliphatic carbocycles. The van der Waals surface area contributed by atoms with Gasteiger partial charge in [0.25, 0.3) is 0 Å². The van der Waals surface area contributed by atoms with Gasteiger partial charge in [0.2, 0.25) is 0 Å². The van der Waals surface area contributed by atoms with Crippen LogP contribution in [0.3, 0.4) is 0 Å². The Morgan fingerprint density at radius 3 is 2.48 bits per heavy atom. The van der Waals surface area contributed by atoms with Gasteiger partial charge in [0.05, 0.1) is 11.6 Å². The van der Waals surface area contributed by atoms with Gasteiger partial charge in [-0.3, -0.25) is 9.20 Å². The number of carboxylic acid groups (broad SMARTS) is 1. The Labute approximate surface area is 235 Å². The van der Waals surface area contributed by atoms with E-state index >= 15 is 0 Å². The van der Waals surface area contributed by atoms with Gasteiger partial charge in [0.15, 0.2) is 5.13 Å². The van der Waals surface area contributed by atoms with Crippen molar-refractivity contribution in [2.45, 2.75) is 20.3 Å². The molecule has 10 heteroatoms. The van der Waals surface area contributed by atoms with Crippen LogP contribution in [0.4, 0.5) is 16.8 Å². The zero-order valence-electron chi connectivity index (χ0n) is 22.4. The maximum atomic E-state index is 11.1. The van der Waals surface area contributed by atoms with E-state index in [4.69, 9.17) is 15.1 Å². The number of benzene rings is 1. The van der Waals surface area contributed by atoms with Crippen molar-refractivity contribution in [3.63, 3.8) is 0 Å². The van der Waals surface area contributed by atoms with E-state index in [9.17, 15) is 10.1 Å². The van der Waals surface area contributed by atoms with Crippen LogP contribution in [-0.4, -0.2) is 50.6 Å². The van der Waals surface area contributed by atoms with Gasteiger partial charge in [-0.05, 0) is 37.6 Å². The van der Waals surface area contributed by atoms with Crippen molar-refractivity contribution in [3.05, 3.63) is 77.1 Å². The number of aromatic nitrogens is 4. The summed E-state index contributed by atoms with van der Waals surface area (Å²) in [6.45, 7) is 5.07. The monoisotopic (exact) mass is 549 g/mol. The first kappa shape index (κ1) is 25.5. The van der Waals surface area contributed by atoms with Gasteiger partial charge in [0, 0.05) is 49.2 Å². The number of rotatable bonds is 7. The highest BCUT2D eigenvalue weighted by Crippen LogP contribution is 2.37. The number of thiazole rings is 1. The summed E-state index contributed by atoms with van der Waals surface area (Å²) in [7, 11) is 1.96. The molecule has 0 spiro atoms. The van der Waals surface area contributed by atoms with Crippen molar-refractivity contribution in [3.8, 4) is 28.5 Å². The highest BCUT2D eigenvalue weighted by molar-refractivity contribution is 7.16. The van der Waals surface area contributed by atoms with E-state index in [1.54, 1.807) is 0 Å². The molecule has 0 bridgehead atoms. The lowest BCUT2D eigenvalue weighted by molar-refractivity contribution is -0.142. The van der Waals surface area contributed by atoms with Crippen molar-refractivity contribution in [1.29, 1.82) is 5.26 Å². The van der Waals surface area contributed by atoms with Crippen LogP contribution in [0.1, 0.15) is 23.1 Å². The number of aliphatic carboxylic acids is 1. The first-order valence-corrected chi connectivity index (χ1v) is 13.8. The van der Waals surface area contributed by atoms with Crippen molar-refractivity contribution in [2.24, 2.45) is 5.92 Å². The highest BCUT2D eigenvalue weighted by atomic mass is 32.1. The second-order valence-electron chi connectivity index (χ2n) is 9.94.